The highest BCUT2D eigenvalue weighted by molar-refractivity contribution is 9.10. The summed E-state index contributed by atoms with van der Waals surface area (Å²) < 4.78 is 0.725. The van der Waals surface area contributed by atoms with Crippen molar-refractivity contribution in [3.05, 3.63) is 28.2 Å². The van der Waals surface area contributed by atoms with E-state index in [9.17, 15) is 9.90 Å². The van der Waals surface area contributed by atoms with Gasteiger partial charge >= 0.3 is 5.97 Å². The molecule has 1 aromatic rings. The molecule has 0 amide bonds. The van der Waals surface area contributed by atoms with Crippen molar-refractivity contribution in [3.63, 3.8) is 0 Å². The fourth-order valence-corrected chi connectivity index (χ4v) is 2.98. The van der Waals surface area contributed by atoms with E-state index in [4.69, 9.17) is 5.26 Å². The van der Waals surface area contributed by atoms with Gasteiger partial charge in [-0.25, -0.2) is 0 Å². The van der Waals surface area contributed by atoms with Crippen LogP contribution in [0.1, 0.15) is 31.2 Å². The number of nitrogens with one attached hydrogen (secondary N) is 1. The zero-order valence-corrected chi connectivity index (χ0v) is 12.0. The number of carboxylic acid groups (broad SMARTS) is 1. The lowest BCUT2D eigenvalue weighted by molar-refractivity contribution is -0.143. The van der Waals surface area contributed by atoms with Gasteiger partial charge in [-0.15, -0.1) is 0 Å². The lowest BCUT2D eigenvalue weighted by Gasteiger charge is -2.30. The number of rotatable bonds is 3. The second-order valence-corrected chi connectivity index (χ2v) is 5.64. The van der Waals surface area contributed by atoms with Crippen LogP contribution in [0.15, 0.2) is 22.7 Å². The van der Waals surface area contributed by atoms with E-state index in [-0.39, 0.29) is 12.0 Å². The average Bonchev–Trinajstić information content (AvgIpc) is 2.39. The van der Waals surface area contributed by atoms with Gasteiger partial charge in [0.2, 0.25) is 0 Å². The molecule has 2 unspecified atom stereocenters. The van der Waals surface area contributed by atoms with Gasteiger partial charge in [-0.2, -0.15) is 5.26 Å². The van der Waals surface area contributed by atoms with Gasteiger partial charge in [-0.05, 0) is 47.0 Å². The Morgan fingerprint density at radius 2 is 2.16 bits per heavy atom. The first-order valence-electron chi connectivity index (χ1n) is 6.31. The molecule has 100 valence electrons. The Balaban J connectivity index is 2.13. The van der Waals surface area contributed by atoms with Gasteiger partial charge in [-0.3, -0.25) is 4.79 Å². The monoisotopic (exact) mass is 322 g/mol. The summed E-state index contributed by atoms with van der Waals surface area (Å²) in [6.45, 7) is 0. The molecule has 0 saturated heterocycles. The molecule has 1 fully saturated rings. The van der Waals surface area contributed by atoms with Crippen molar-refractivity contribution in [1.82, 2.24) is 0 Å². The standard InChI is InChI=1S/C14H15BrN2O2/c15-12-7-10(6-5-9(12)8-16)17-13-4-2-1-3-11(13)14(18)19/h5-7,11,13,17H,1-4H2,(H,18,19). The molecule has 0 spiro atoms. The maximum absolute atomic E-state index is 11.2. The quantitative estimate of drug-likeness (QED) is 0.894. The highest BCUT2D eigenvalue weighted by atomic mass is 79.9. The molecule has 4 nitrogen and oxygen atoms in total. The molecular weight excluding hydrogens is 308 g/mol. The fourth-order valence-electron chi connectivity index (χ4n) is 2.51. The molecule has 1 saturated carbocycles. The molecule has 2 N–H and O–H groups in total. The van der Waals surface area contributed by atoms with E-state index in [1.807, 2.05) is 12.1 Å². The van der Waals surface area contributed by atoms with E-state index in [2.05, 4.69) is 27.3 Å². The van der Waals surface area contributed by atoms with Crippen molar-refractivity contribution in [1.29, 1.82) is 5.26 Å². The number of carbonyl (C=O) groups is 1. The molecule has 5 heteroatoms. The van der Waals surface area contributed by atoms with Gasteiger partial charge in [0.1, 0.15) is 6.07 Å². The molecule has 2 atom stereocenters. The normalized spacial score (nSPS) is 22.5. The maximum atomic E-state index is 11.2. The molecule has 0 bridgehead atoms. The molecule has 0 heterocycles. The Hall–Kier alpha value is -1.54. The number of benzene rings is 1. The summed E-state index contributed by atoms with van der Waals surface area (Å²) >= 11 is 3.34. The Morgan fingerprint density at radius 3 is 2.79 bits per heavy atom. The molecule has 1 aliphatic rings. The molecule has 2 rings (SSSR count). The number of nitrogens with zero attached hydrogens (tertiary/aromatic N) is 1. The minimum Gasteiger partial charge on any atom is -0.481 e. The summed E-state index contributed by atoms with van der Waals surface area (Å²) in [5, 5.41) is 21.4. The van der Waals surface area contributed by atoms with Gasteiger partial charge < -0.3 is 10.4 Å². The first-order chi connectivity index (χ1) is 9.11. The molecule has 1 aromatic carbocycles. The predicted molar refractivity (Wildman–Crippen MR) is 75.9 cm³/mol. The Bertz CT molecular complexity index is 525. The lowest BCUT2D eigenvalue weighted by atomic mass is 9.84. The van der Waals surface area contributed by atoms with E-state index >= 15 is 0 Å². The van der Waals surface area contributed by atoms with Crippen LogP contribution in [0, 0.1) is 17.2 Å². The summed E-state index contributed by atoms with van der Waals surface area (Å²) in [6.07, 6.45) is 3.63. The first kappa shape index (κ1) is 13.9. The third kappa shape index (κ3) is 3.27. The topological polar surface area (TPSA) is 73.1 Å². The van der Waals surface area contributed by atoms with Crippen molar-refractivity contribution in [2.75, 3.05) is 5.32 Å². The Kier molecular flexibility index (Phi) is 4.43. The van der Waals surface area contributed by atoms with E-state index in [0.717, 1.165) is 35.8 Å². The number of halogens is 1. The van der Waals surface area contributed by atoms with E-state index in [1.165, 1.54) is 0 Å². The van der Waals surface area contributed by atoms with Crippen LogP contribution in [0.4, 0.5) is 5.69 Å². The molecule has 1 aliphatic carbocycles. The van der Waals surface area contributed by atoms with Gasteiger partial charge in [0.25, 0.3) is 0 Å². The number of anilines is 1. The van der Waals surface area contributed by atoms with Crippen molar-refractivity contribution in [2.24, 2.45) is 5.92 Å². The summed E-state index contributed by atoms with van der Waals surface area (Å²) in [4.78, 5) is 11.2. The molecule has 0 aromatic heterocycles. The van der Waals surface area contributed by atoms with E-state index in [1.54, 1.807) is 6.07 Å². The highest BCUT2D eigenvalue weighted by Gasteiger charge is 2.30. The highest BCUT2D eigenvalue weighted by Crippen LogP contribution is 2.29. The van der Waals surface area contributed by atoms with E-state index in [0.29, 0.717) is 5.56 Å². The molecule has 0 aliphatic heterocycles. The van der Waals surface area contributed by atoms with Crippen molar-refractivity contribution in [3.8, 4) is 6.07 Å². The van der Waals surface area contributed by atoms with Crippen LogP contribution in [0.3, 0.4) is 0 Å². The van der Waals surface area contributed by atoms with Crippen molar-refractivity contribution < 1.29 is 9.90 Å². The fraction of sp³-hybridized carbons (Fsp3) is 0.429. The molecule has 19 heavy (non-hydrogen) atoms. The van der Waals surface area contributed by atoms with Gasteiger partial charge in [0.05, 0.1) is 11.5 Å². The zero-order valence-electron chi connectivity index (χ0n) is 10.4. The number of nitriles is 1. The smallest absolute Gasteiger partial charge is 0.308 e. The van der Waals surface area contributed by atoms with Crippen LogP contribution >= 0.6 is 15.9 Å². The van der Waals surface area contributed by atoms with Crippen LogP contribution in [-0.2, 0) is 4.79 Å². The maximum Gasteiger partial charge on any atom is 0.308 e. The molecule has 0 radical (unpaired) electrons. The largest absolute Gasteiger partial charge is 0.481 e. The van der Waals surface area contributed by atoms with Gasteiger partial charge in [0.15, 0.2) is 0 Å². The second-order valence-electron chi connectivity index (χ2n) is 4.79. The second kappa shape index (κ2) is 6.07. The number of aliphatic carboxylic acids is 1. The summed E-state index contributed by atoms with van der Waals surface area (Å²) in [5.41, 5.74) is 1.42. The van der Waals surface area contributed by atoms with Crippen molar-refractivity contribution in [2.45, 2.75) is 31.7 Å². The number of hydrogen-bond donors (Lipinski definition) is 2. The van der Waals surface area contributed by atoms with Gasteiger partial charge in [0, 0.05) is 16.2 Å². The number of carboxylic acids is 1. The lowest BCUT2D eigenvalue weighted by Crippen LogP contribution is -2.37. The van der Waals surface area contributed by atoms with Gasteiger partial charge in [-0.1, -0.05) is 12.8 Å². The Morgan fingerprint density at radius 1 is 1.42 bits per heavy atom. The zero-order chi connectivity index (χ0) is 13.8. The summed E-state index contributed by atoms with van der Waals surface area (Å²) in [5.74, 6) is -1.06. The summed E-state index contributed by atoms with van der Waals surface area (Å²) in [6, 6.07) is 7.42. The third-order valence-corrected chi connectivity index (χ3v) is 4.18. The molecular formula is C14H15BrN2O2. The van der Waals surface area contributed by atoms with E-state index < -0.39 is 5.97 Å². The third-order valence-electron chi connectivity index (χ3n) is 3.52. The first-order valence-corrected chi connectivity index (χ1v) is 7.10. The van der Waals surface area contributed by atoms with Crippen LogP contribution in [0.5, 0.6) is 0 Å². The van der Waals surface area contributed by atoms with Crippen molar-refractivity contribution >= 4 is 27.6 Å². The van der Waals surface area contributed by atoms with Crippen LogP contribution in [0.2, 0.25) is 0 Å². The predicted octanol–water partition coefficient (Wildman–Crippen LogP) is 3.38. The SMILES string of the molecule is N#Cc1ccc(NC2CCCCC2C(=O)O)cc1Br. The van der Waals surface area contributed by atoms with Crippen LogP contribution < -0.4 is 5.32 Å². The minimum absolute atomic E-state index is 0.0360. The average molecular weight is 323 g/mol. The Labute approximate surface area is 120 Å². The van der Waals surface area contributed by atoms with Crippen LogP contribution in [0.25, 0.3) is 0 Å². The summed E-state index contributed by atoms with van der Waals surface area (Å²) in [7, 11) is 0. The minimum atomic E-state index is -0.732. The number of hydrogen-bond acceptors (Lipinski definition) is 3. The van der Waals surface area contributed by atoms with Crippen LogP contribution in [-0.4, -0.2) is 17.1 Å².